The molecule has 174 valence electrons. The summed E-state index contributed by atoms with van der Waals surface area (Å²) < 4.78 is 50.5. The van der Waals surface area contributed by atoms with E-state index in [1.807, 2.05) is 39.8 Å². The molecule has 0 spiro atoms. The van der Waals surface area contributed by atoms with Crippen LogP contribution < -0.4 is 4.31 Å². The number of hydrogen-bond acceptors (Lipinski definition) is 6. The van der Waals surface area contributed by atoms with Crippen molar-refractivity contribution in [2.45, 2.75) is 51.9 Å². The largest absolute Gasteiger partial charge is 0.350 e. The molecule has 1 aliphatic heterocycles. The van der Waals surface area contributed by atoms with Crippen LogP contribution in [0.25, 0.3) is 17.3 Å². The summed E-state index contributed by atoms with van der Waals surface area (Å²) in [5, 5.41) is 0. The van der Waals surface area contributed by atoms with Crippen LogP contribution in [0, 0.1) is 5.82 Å². The predicted molar refractivity (Wildman–Crippen MR) is 123 cm³/mol. The molecule has 0 unspecified atom stereocenters. The number of benzene rings is 1. The van der Waals surface area contributed by atoms with Crippen molar-refractivity contribution in [3.8, 4) is 11.3 Å². The third kappa shape index (κ3) is 5.70. The Balaban J connectivity index is 2.17. The Morgan fingerprint density at radius 3 is 2.44 bits per heavy atom. The SMILES string of the molecule is CC(C)c1nc(N(C)S(C)(=O)=O)nc(-c2ccc(F)cc2)c1/C=C/[C@@H]1CCOC(C)(C)O1. The highest BCUT2D eigenvalue weighted by molar-refractivity contribution is 7.92. The van der Waals surface area contributed by atoms with Crippen molar-refractivity contribution >= 4 is 22.0 Å². The van der Waals surface area contributed by atoms with Gasteiger partial charge in [0.25, 0.3) is 0 Å². The molecule has 2 heterocycles. The molecule has 1 atom stereocenters. The summed E-state index contributed by atoms with van der Waals surface area (Å²) in [5.74, 6) is -0.992. The molecule has 1 aromatic heterocycles. The molecule has 0 N–H and O–H groups in total. The lowest BCUT2D eigenvalue weighted by molar-refractivity contribution is -0.262. The standard InChI is InChI=1S/C23H30FN3O4S/c1-15(2)20-19(12-11-18-13-14-30-23(3,4)31-18)21(16-7-9-17(24)10-8-16)26-22(25-20)27(5)32(6,28)29/h7-12,15,18H,13-14H2,1-6H3/b12-11+/t18-/m1/s1. The van der Waals surface area contributed by atoms with E-state index in [2.05, 4.69) is 9.97 Å². The second kappa shape index (κ2) is 9.25. The molecule has 1 fully saturated rings. The Morgan fingerprint density at radius 1 is 1.22 bits per heavy atom. The monoisotopic (exact) mass is 463 g/mol. The quantitative estimate of drug-likeness (QED) is 0.633. The minimum Gasteiger partial charge on any atom is -0.350 e. The number of sulfonamides is 1. The Morgan fingerprint density at radius 2 is 1.88 bits per heavy atom. The van der Waals surface area contributed by atoms with Gasteiger partial charge in [0.2, 0.25) is 16.0 Å². The molecule has 0 amide bonds. The summed E-state index contributed by atoms with van der Waals surface area (Å²) in [7, 11) is -2.15. The molecule has 32 heavy (non-hydrogen) atoms. The van der Waals surface area contributed by atoms with Crippen molar-refractivity contribution in [3.63, 3.8) is 0 Å². The number of hydrogen-bond donors (Lipinski definition) is 0. The summed E-state index contributed by atoms with van der Waals surface area (Å²) in [6, 6.07) is 5.95. The van der Waals surface area contributed by atoms with Gasteiger partial charge in [-0.1, -0.05) is 26.0 Å². The molecule has 1 saturated heterocycles. The Kier molecular flexibility index (Phi) is 7.02. The van der Waals surface area contributed by atoms with Gasteiger partial charge in [0.1, 0.15) is 5.82 Å². The molecular formula is C23H30FN3O4S. The van der Waals surface area contributed by atoms with Gasteiger partial charge in [-0.15, -0.1) is 0 Å². The molecule has 0 aliphatic carbocycles. The van der Waals surface area contributed by atoms with Gasteiger partial charge >= 0.3 is 0 Å². The van der Waals surface area contributed by atoms with Gasteiger partial charge in [-0.3, -0.25) is 0 Å². The third-order valence-electron chi connectivity index (χ3n) is 5.17. The first-order valence-corrected chi connectivity index (χ1v) is 12.3. The average Bonchev–Trinajstić information content (AvgIpc) is 2.70. The zero-order valence-electron chi connectivity index (χ0n) is 19.3. The van der Waals surface area contributed by atoms with Crippen molar-refractivity contribution in [2.24, 2.45) is 0 Å². The van der Waals surface area contributed by atoms with Crippen LogP contribution in [0.4, 0.5) is 10.3 Å². The van der Waals surface area contributed by atoms with Crippen LogP contribution in [0.1, 0.15) is 51.3 Å². The molecule has 1 aromatic carbocycles. The zero-order valence-corrected chi connectivity index (χ0v) is 20.1. The maximum absolute atomic E-state index is 13.6. The van der Waals surface area contributed by atoms with Crippen LogP contribution in [0.5, 0.6) is 0 Å². The van der Waals surface area contributed by atoms with Crippen molar-refractivity contribution in [1.29, 1.82) is 0 Å². The highest BCUT2D eigenvalue weighted by Crippen LogP contribution is 2.32. The number of rotatable bonds is 6. The van der Waals surface area contributed by atoms with E-state index in [9.17, 15) is 12.8 Å². The van der Waals surface area contributed by atoms with E-state index in [-0.39, 0.29) is 23.8 Å². The van der Waals surface area contributed by atoms with Crippen LogP contribution in [-0.2, 0) is 19.5 Å². The highest BCUT2D eigenvalue weighted by atomic mass is 32.2. The fraction of sp³-hybridized carbons (Fsp3) is 0.478. The van der Waals surface area contributed by atoms with Gasteiger partial charge in [0.15, 0.2) is 5.79 Å². The van der Waals surface area contributed by atoms with Gasteiger partial charge < -0.3 is 9.47 Å². The number of aromatic nitrogens is 2. The number of ether oxygens (including phenoxy) is 2. The average molecular weight is 464 g/mol. The lowest BCUT2D eigenvalue weighted by atomic mass is 9.97. The number of halogens is 1. The van der Waals surface area contributed by atoms with Crippen molar-refractivity contribution in [1.82, 2.24) is 9.97 Å². The van der Waals surface area contributed by atoms with E-state index >= 15 is 0 Å². The molecule has 3 rings (SSSR count). The fourth-order valence-electron chi connectivity index (χ4n) is 3.41. The molecule has 9 heteroatoms. The normalized spacial score (nSPS) is 18.9. The van der Waals surface area contributed by atoms with Crippen molar-refractivity contribution in [2.75, 3.05) is 24.2 Å². The minimum absolute atomic E-state index is 0.0180. The van der Waals surface area contributed by atoms with E-state index < -0.39 is 15.8 Å². The lowest BCUT2D eigenvalue weighted by Crippen LogP contribution is -2.38. The van der Waals surface area contributed by atoms with Crippen LogP contribution in [0.15, 0.2) is 30.3 Å². The van der Waals surface area contributed by atoms with Gasteiger partial charge in [-0.25, -0.2) is 27.1 Å². The summed E-state index contributed by atoms with van der Waals surface area (Å²) in [4.78, 5) is 9.15. The third-order valence-corrected chi connectivity index (χ3v) is 6.33. The molecule has 0 bridgehead atoms. The highest BCUT2D eigenvalue weighted by Gasteiger charge is 2.28. The Bertz CT molecular complexity index is 1100. The van der Waals surface area contributed by atoms with Crippen LogP contribution in [0.2, 0.25) is 0 Å². The van der Waals surface area contributed by atoms with Crippen molar-refractivity contribution in [3.05, 3.63) is 47.4 Å². The first kappa shape index (κ1) is 24.3. The predicted octanol–water partition coefficient (Wildman–Crippen LogP) is 4.36. The van der Waals surface area contributed by atoms with Crippen LogP contribution in [0.3, 0.4) is 0 Å². The second-order valence-electron chi connectivity index (χ2n) is 8.62. The van der Waals surface area contributed by atoms with Gasteiger partial charge in [-0.05, 0) is 44.0 Å². The van der Waals surface area contributed by atoms with Gasteiger partial charge in [0, 0.05) is 24.6 Å². The molecular weight excluding hydrogens is 433 g/mol. The first-order chi connectivity index (χ1) is 14.9. The first-order valence-electron chi connectivity index (χ1n) is 10.5. The van der Waals surface area contributed by atoms with E-state index in [1.54, 1.807) is 12.1 Å². The lowest BCUT2D eigenvalue weighted by Gasteiger charge is -2.34. The maximum Gasteiger partial charge on any atom is 0.239 e. The smallest absolute Gasteiger partial charge is 0.239 e. The number of anilines is 1. The maximum atomic E-state index is 13.6. The fourth-order valence-corrected chi connectivity index (χ4v) is 3.79. The number of nitrogens with zero attached hydrogens (tertiary/aromatic N) is 3. The Hall–Kier alpha value is -2.36. The zero-order chi connectivity index (χ0) is 23.7. The summed E-state index contributed by atoms with van der Waals surface area (Å²) in [5.41, 5.74) is 2.61. The Labute approximate surface area is 189 Å². The topological polar surface area (TPSA) is 81.6 Å². The van der Waals surface area contributed by atoms with Crippen LogP contribution >= 0.6 is 0 Å². The van der Waals surface area contributed by atoms with E-state index in [0.717, 1.165) is 16.1 Å². The van der Waals surface area contributed by atoms with E-state index in [0.29, 0.717) is 30.0 Å². The van der Waals surface area contributed by atoms with E-state index in [1.165, 1.54) is 19.2 Å². The summed E-state index contributed by atoms with van der Waals surface area (Å²) >= 11 is 0. The van der Waals surface area contributed by atoms with E-state index in [4.69, 9.17) is 9.47 Å². The minimum atomic E-state index is -3.56. The van der Waals surface area contributed by atoms with Gasteiger partial charge in [0.05, 0.1) is 30.4 Å². The van der Waals surface area contributed by atoms with Crippen molar-refractivity contribution < 1.29 is 22.3 Å². The summed E-state index contributed by atoms with van der Waals surface area (Å²) in [6.45, 7) is 8.28. The summed E-state index contributed by atoms with van der Waals surface area (Å²) in [6.07, 6.45) is 5.50. The van der Waals surface area contributed by atoms with Gasteiger partial charge in [-0.2, -0.15) is 0 Å². The molecule has 7 nitrogen and oxygen atoms in total. The molecule has 0 saturated carbocycles. The second-order valence-corrected chi connectivity index (χ2v) is 10.6. The van der Waals surface area contributed by atoms with Crippen LogP contribution in [-0.4, -0.2) is 50.2 Å². The molecule has 1 aliphatic rings. The molecule has 2 aromatic rings. The molecule has 0 radical (unpaired) electrons.